The molecule has 3 N–H and O–H groups in total. The molecule has 0 radical (unpaired) electrons. The highest BCUT2D eigenvalue weighted by Gasteiger charge is 2.34. The molecule has 4 rings (SSSR count). The average molecular weight is 375 g/mol. The van der Waals surface area contributed by atoms with Gasteiger partial charge >= 0.3 is 0 Å². The molecule has 1 aliphatic rings. The SMILES string of the molecule is CN(C)c1cc(Nc2ccc(F)cc2)c2c(c1N)C(=O)c1ccccc1C2=O. The van der Waals surface area contributed by atoms with E-state index in [1.807, 2.05) is 14.1 Å². The van der Waals surface area contributed by atoms with E-state index >= 15 is 0 Å². The lowest BCUT2D eigenvalue weighted by atomic mass is 9.81. The normalized spacial score (nSPS) is 12.4. The Bertz CT molecular complexity index is 1120. The van der Waals surface area contributed by atoms with E-state index in [0.717, 1.165) is 0 Å². The van der Waals surface area contributed by atoms with Crippen LogP contribution in [0.3, 0.4) is 0 Å². The summed E-state index contributed by atoms with van der Waals surface area (Å²) in [5, 5.41) is 3.14. The monoisotopic (exact) mass is 375 g/mol. The summed E-state index contributed by atoms with van der Waals surface area (Å²) in [4.78, 5) is 28.2. The Labute approximate surface area is 161 Å². The number of hydrogen-bond acceptors (Lipinski definition) is 5. The van der Waals surface area contributed by atoms with E-state index < -0.39 is 0 Å². The minimum absolute atomic E-state index is 0.194. The van der Waals surface area contributed by atoms with Gasteiger partial charge in [0.2, 0.25) is 0 Å². The van der Waals surface area contributed by atoms with Gasteiger partial charge in [0.05, 0.1) is 28.2 Å². The fraction of sp³-hybridized carbons (Fsp3) is 0.0909. The van der Waals surface area contributed by atoms with Gasteiger partial charge in [-0.1, -0.05) is 24.3 Å². The van der Waals surface area contributed by atoms with Gasteiger partial charge in [-0.25, -0.2) is 4.39 Å². The zero-order valence-corrected chi connectivity index (χ0v) is 15.4. The lowest BCUT2D eigenvalue weighted by Gasteiger charge is -2.26. The number of anilines is 4. The van der Waals surface area contributed by atoms with Crippen LogP contribution in [0.1, 0.15) is 31.8 Å². The highest BCUT2D eigenvalue weighted by Crippen LogP contribution is 2.41. The maximum atomic E-state index is 13.3. The highest BCUT2D eigenvalue weighted by molar-refractivity contribution is 6.32. The number of carbonyl (C=O) groups excluding carboxylic acids is 2. The van der Waals surface area contributed by atoms with Crippen molar-refractivity contribution >= 4 is 34.3 Å². The minimum atomic E-state index is -0.362. The number of nitrogen functional groups attached to an aromatic ring is 1. The van der Waals surface area contributed by atoms with E-state index in [2.05, 4.69) is 5.32 Å². The first-order valence-electron chi connectivity index (χ1n) is 8.73. The zero-order chi connectivity index (χ0) is 20.0. The molecule has 1 aliphatic carbocycles. The number of nitrogens with two attached hydrogens (primary N) is 1. The van der Waals surface area contributed by atoms with Crippen molar-refractivity contribution in [3.8, 4) is 0 Å². The predicted octanol–water partition coefficient (Wildman–Crippen LogP) is 3.99. The molecule has 3 aromatic rings. The van der Waals surface area contributed by atoms with Crippen LogP contribution in [0.15, 0.2) is 54.6 Å². The van der Waals surface area contributed by atoms with Gasteiger partial charge in [-0.05, 0) is 30.3 Å². The van der Waals surface area contributed by atoms with Gasteiger partial charge in [0.15, 0.2) is 11.6 Å². The number of nitrogens with zero attached hydrogens (tertiary/aromatic N) is 1. The number of hydrogen-bond donors (Lipinski definition) is 2. The minimum Gasteiger partial charge on any atom is -0.396 e. The third kappa shape index (κ3) is 2.70. The summed E-state index contributed by atoms with van der Waals surface area (Å²) in [6.07, 6.45) is 0. The van der Waals surface area contributed by atoms with Gasteiger partial charge in [0.25, 0.3) is 0 Å². The second-order valence-electron chi connectivity index (χ2n) is 6.84. The Hall–Kier alpha value is -3.67. The van der Waals surface area contributed by atoms with Crippen LogP contribution in [0.5, 0.6) is 0 Å². The summed E-state index contributed by atoms with van der Waals surface area (Å²) >= 11 is 0. The molecule has 0 saturated carbocycles. The fourth-order valence-corrected chi connectivity index (χ4v) is 3.46. The summed E-state index contributed by atoms with van der Waals surface area (Å²) in [6.45, 7) is 0. The number of halogens is 1. The van der Waals surface area contributed by atoms with Gasteiger partial charge < -0.3 is 16.0 Å². The Morgan fingerprint density at radius 2 is 1.46 bits per heavy atom. The molecular formula is C22H18FN3O2. The molecule has 0 aliphatic heterocycles. The first-order chi connectivity index (χ1) is 13.4. The lowest BCUT2D eigenvalue weighted by Crippen LogP contribution is -2.25. The van der Waals surface area contributed by atoms with Crippen LogP contribution in [0.25, 0.3) is 0 Å². The fourth-order valence-electron chi connectivity index (χ4n) is 3.46. The van der Waals surface area contributed by atoms with E-state index in [1.54, 1.807) is 47.4 Å². The first kappa shape index (κ1) is 17.7. The van der Waals surface area contributed by atoms with Crippen LogP contribution in [0.2, 0.25) is 0 Å². The summed E-state index contributed by atoms with van der Waals surface area (Å²) in [5.74, 6) is -0.917. The molecular weight excluding hydrogens is 357 g/mol. The highest BCUT2D eigenvalue weighted by atomic mass is 19.1. The van der Waals surface area contributed by atoms with Crippen molar-refractivity contribution < 1.29 is 14.0 Å². The van der Waals surface area contributed by atoms with Crippen molar-refractivity contribution in [2.24, 2.45) is 0 Å². The molecule has 5 nitrogen and oxygen atoms in total. The first-order valence-corrected chi connectivity index (χ1v) is 8.73. The summed E-state index contributed by atoms with van der Waals surface area (Å²) < 4.78 is 13.3. The lowest BCUT2D eigenvalue weighted by molar-refractivity contribution is 0.0980. The smallest absolute Gasteiger partial charge is 0.196 e. The molecule has 0 bridgehead atoms. The number of carbonyl (C=O) groups is 2. The number of rotatable bonds is 3. The Morgan fingerprint density at radius 1 is 0.893 bits per heavy atom. The largest absolute Gasteiger partial charge is 0.396 e. The van der Waals surface area contributed by atoms with Crippen LogP contribution in [0.4, 0.5) is 27.1 Å². The van der Waals surface area contributed by atoms with E-state index in [-0.39, 0.29) is 34.2 Å². The van der Waals surface area contributed by atoms with Gasteiger partial charge in [-0.2, -0.15) is 0 Å². The van der Waals surface area contributed by atoms with E-state index in [1.165, 1.54) is 12.1 Å². The number of ketones is 2. The molecule has 0 atom stereocenters. The second-order valence-corrected chi connectivity index (χ2v) is 6.84. The van der Waals surface area contributed by atoms with Crippen LogP contribution in [-0.4, -0.2) is 25.7 Å². The van der Waals surface area contributed by atoms with Crippen molar-refractivity contribution in [1.82, 2.24) is 0 Å². The zero-order valence-electron chi connectivity index (χ0n) is 15.4. The predicted molar refractivity (Wildman–Crippen MR) is 108 cm³/mol. The molecule has 0 heterocycles. The molecule has 0 fully saturated rings. The molecule has 0 unspecified atom stereocenters. The van der Waals surface area contributed by atoms with Gasteiger partial charge in [0, 0.05) is 30.9 Å². The maximum Gasteiger partial charge on any atom is 0.196 e. The number of fused-ring (bicyclic) bond motifs is 2. The van der Waals surface area contributed by atoms with Crippen LogP contribution < -0.4 is 16.0 Å². The molecule has 0 saturated heterocycles. The second kappa shape index (κ2) is 6.49. The summed E-state index contributed by atoms with van der Waals surface area (Å²) in [5.41, 5.74) is 9.34. The van der Waals surface area contributed by atoms with Crippen molar-refractivity contribution in [3.63, 3.8) is 0 Å². The van der Waals surface area contributed by atoms with Crippen molar-refractivity contribution in [2.75, 3.05) is 30.0 Å². The quantitative estimate of drug-likeness (QED) is 0.530. The third-order valence-electron chi connectivity index (χ3n) is 4.82. The van der Waals surface area contributed by atoms with E-state index in [4.69, 9.17) is 5.73 Å². The van der Waals surface area contributed by atoms with Crippen molar-refractivity contribution in [2.45, 2.75) is 0 Å². The van der Waals surface area contributed by atoms with Crippen molar-refractivity contribution in [1.29, 1.82) is 0 Å². The standard InChI is InChI=1S/C22H18FN3O2/c1-26(2)17-11-16(25-13-9-7-12(23)8-10-13)18-19(20(17)24)22(28)15-6-4-3-5-14(15)21(18)27/h3-11,25H,24H2,1-2H3. The maximum absolute atomic E-state index is 13.3. The summed E-state index contributed by atoms with van der Waals surface area (Å²) in [6, 6.07) is 14.2. The molecule has 28 heavy (non-hydrogen) atoms. The molecule has 6 heteroatoms. The van der Waals surface area contributed by atoms with Crippen molar-refractivity contribution in [3.05, 3.63) is 82.7 Å². The molecule has 0 aromatic heterocycles. The van der Waals surface area contributed by atoms with Crippen LogP contribution in [0, 0.1) is 5.82 Å². The Kier molecular flexibility index (Phi) is 4.11. The molecule has 0 spiro atoms. The molecule has 0 amide bonds. The summed E-state index contributed by atoms with van der Waals surface area (Å²) in [7, 11) is 3.62. The van der Waals surface area contributed by atoms with Crippen LogP contribution in [-0.2, 0) is 0 Å². The molecule has 3 aromatic carbocycles. The average Bonchev–Trinajstić information content (AvgIpc) is 2.68. The van der Waals surface area contributed by atoms with Gasteiger partial charge in [-0.15, -0.1) is 0 Å². The third-order valence-corrected chi connectivity index (χ3v) is 4.82. The molecule has 140 valence electrons. The van der Waals surface area contributed by atoms with Gasteiger partial charge in [0.1, 0.15) is 5.82 Å². The number of benzene rings is 3. The van der Waals surface area contributed by atoms with E-state index in [0.29, 0.717) is 28.2 Å². The Morgan fingerprint density at radius 3 is 2.04 bits per heavy atom. The van der Waals surface area contributed by atoms with E-state index in [9.17, 15) is 14.0 Å². The Balaban J connectivity index is 1.96. The number of nitrogens with one attached hydrogen (secondary N) is 1. The van der Waals surface area contributed by atoms with Crippen LogP contribution >= 0.6 is 0 Å². The topological polar surface area (TPSA) is 75.4 Å². The van der Waals surface area contributed by atoms with Gasteiger partial charge in [-0.3, -0.25) is 9.59 Å².